The fourth-order valence-electron chi connectivity index (χ4n) is 4.15. The molecule has 34 heavy (non-hydrogen) atoms. The molecule has 2 atom stereocenters. The van der Waals surface area contributed by atoms with Crippen LogP contribution in [0.1, 0.15) is 26.7 Å². The van der Waals surface area contributed by atoms with Crippen molar-refractivity contribution in [2.45, 2.75) is 26.7 Å². The van der Waals surface area contributed by atoms with Crippen LogP contribution < -0.4 is 23.8 Å². The molecule has 2 fully saturated rings. The largest absolute Gasteiger partial charge is 0.493 e. The van der Waals surface area contributed by atoms with Gasteiger partial charge in [0.25, 0.3) is 5.91 Å². The molecule has 2 aromatic rings. The van der Waals surface area contributed by atoms with Crippen molar-refractivity contribution in [1.82, 2.24) is 10.0 Å². The summed E-state index contributed by atoms with van der Waals surface area (Å²) in [6.45, 7) is 6.39. The fourth-order valence-corrected chi connectivity index (χ4v) is 5.09. The van der Waals surface area contributed by atoms with Gasteiger partial charge in [0.05, 0.1) is 6.61 Å². The van der Waals surface area contributed by atoms with Crippen molar-refractivity contribution >= 4 is 33.5 Å². The normalized spacial score (nSPS) is 21.0. The van der Waals surface area contributed by atoms with Crippen LogP contribution >= 0.6 is 0 Å². The van der Waals surface area contributed by atoms with E-state index in [1.807, 2.05) is 38.1 Å². The quantitative estimate of drug-likeness (QED) is 0.527. The van der Waals surface area contributed by atoms with Crippen molar-refractivity contribution in [3.05, 3.63) is 53.9 Å². The Morgan fingerprint density at radius 1 is 1.32 bits per heavy atom. The zero-order valence-electron chi connectivity index (χ0n) is 19.4. The van der Waals surface area contributed by atoms with Gasteiger partial charge in [0.2, 0.25) is 11.2 Å². The number of ether oxygens (including phenoxy) is 2. The number of halogens is 1. The van der Waals surface area contributed by atoms with E-state index in [9.17, 15) is 9.00 Å². The van der Waals surface area contributed by atoms with Crippen LogP contribution in [-0.4, -0.2) is 43.0 Å². The van der Waals surface area contributed by atoms with Crippen LogP contribution in [0.4, 0.5) is 10.1 Å². The SMILES string of the molecule is C/C=C\C(=C/CC)COc1cc2ccc(OCC3CCNC3)cc2c(F)c1N1CC(=O)NS1=O. The Morgan fingerprint density at radius 3 is 2.85 bits per heavy atom. The van der Waals surface area contributed by atoms with Crippen LogP contribution in [0, 0.1) is 11.7 Å². The van der Waals surface area contributed by atoms with E-state index in [1.54, 1.807) is 18.2 Å². The molecular weight excluding hydrogens is 457 g/mol. The molecule has 2 aliphatic heterocycles. The topological polar surface area (TPSA) is 79.9 Å². The first-order valence-corrected chi connectivity index (χ1v) is 12.6. The molecule has 1 amide bonds. The second-order valence-electron chi connectivity index (χ2n) is 8.38. The van der Waals surface area contributed by atoms with Crippen molar-refractivity contribution < 1.29 is 22.9 Å². The summed E-state index contributed by atoms with van der Waals surface area (Å²) in [5.74, 6) is 0.186. The summed E-state index contributed by atoms with van der Waals surface area (Å²) >= 11 is -1.89. The van der Waals surface area contributed by atoms with E-state index >= 15 is 4.39 Å². The van der Waals surface area contributed by atoms with Crippen LogP contribution in [0.2, 0.25) is 0 Å². The minimum absolute atomic E-state index is 0.00217. The molecule has 0 aliphatic carbocycles. The number of carbonyl (C=O) groups is 1. The Kier molecular flexibility index (Phi) is 7.84. The third kappa shape index (κ3) is 5.42. The van der Waals surface area contributed by atoms with Gasteiger partial charge >= 0.3 is 0 Å². The van der Waals surface area contributed by atoms with Crippen LogP contribution in [0.25, 0.3) is 10.8 Å². The van der Waals surface area contributed by atoms with E-state index in [-0.39, 0.29) is 24.6 Å². The van der Waals surface area contributed by atoms with E-state index < -0.39 is 22.9 Å². The molecule has 2 aliphatic rings. The average Bonchev–Trinajstić information content (AvgIpc) is 3.45. The number of fused-ring (bicyclic) bond motifs is 1. The van der Waals surface area contributed by atoms with Gasteiger partial charge in [0.1, 0.15) is 30.3 Å². The molecule has 182 valence electrons. The molecule has 2 aromatic carbocycles. The van der Waals surface area contributed by atoms with Crippen LogP contribution in [0.5, 0.6) is 11.5 Å². The van der Waals surface area contributed by atoms with Gasteiger partial charge in [-0.05, 0) is 55.5 Å². The van der Waals surface area contributed by atoms with Gasteiger partial charge in [-0.3, -0.25) is 13.8 Å². The minimum Gasteiger partial charge on any atom is -0.493 e. The molecule has 0 radical (unpaired) electrons. The molecule has 0 saturated carbocycles. The Balaban J connectivity index is 1.69. The smallest absolute Gasteiger partial charge is 0.253 e. The average molecular weight is 488 g/mol. The molecule has 2 unspecified atom stereocenters. The zero-order chi connectivity index (χ0) is 24.1. The first-order valence-electron chi connectivity index (χ1n) is 11.5. The molecule has 9 heteroatoms. The standard InChI is InChI=1S/C25H30FN3O4S/c1-3-5-17(6-4-2)15-33-22-11-19-7-8-20(32-16-18-9-10-27-13-18)12-21(19)24(26)25(22)29-14-23(30)28-34(29)31/h3,5-8,11-12,18,27H,4,9-10,13-16H2,1-2H3,(H,28,30)/b5-3-,17-6+. The fraction of sp³-hybridized carbons (Fsp3) is 0.400. The summed E-state index contributed by atoms with van der Waals surface area (Å²) in [4.78, 5) is 11.9. The maximum Gasteiger partial charge on any atom is 0.253 e. The number of benzene rings is 2. The molecular formula is C25H30FN3O4S. The van der Waals surface area contributed by atoms with E-state index in [2.05, 4.69) is 10.0 Å². The van der Waals surface area contributed by atoms with E-state index in [1.165, 1.54) is 4.31 Å². The number of allylic oxidation sites excluding steroid dienone is 2. The van der Waals surface area contributed by atoms with Crippen molar-refractivity contribution in [3.8, 4) is 11.5 Å². The summed E-state index contributed by atoms with van der Waals surface area (Å²) in [5.41, 5.74) is 0.941. The summed E-state index contributed by atoms with van der Waals surface area (Å²) in [7, 11) is 0. The first kappa shape index (κ1) is 24.2. The lowest BCUT2D eigenvalue weighted by Crippen LogP contribution is -2.24. The summed E-state index contributed by atoms with van der Waals surface area (Å²) < 4.78 is 43.9. The highest BCUT2D eigenvalue weighted by Gasteiger charge is 2.32. The van der Waals surface area contributed by atoms with Crippen molar-refractivity contribution in [1.29, 1.82) is 0 Å². The predicted molar refractivity (Wildman–Crippen MR) is 133 cm³/mol. The lowest BCUT2D eigenvalue weighted by molar-refractivity contribution is -0.117. The Morgan fingerprint density at radius 2 is 2.18 bits per heavy atom. The van der Waals surface area contributed by atoms with E-state index in [4.69, 9.17) is 9.47 Å². The van der Waals surface area contributed by atoms with E-state index in [0.717, 1.165) is 31.5 Å². The first-order chi connectivity index (χ1) is 16.5. The van der Waals surface area contributed by atoms with Crippen LogP contribution in [-0.2, 0) is 16.0 Å². The second kappa shape index (κ2) is 11.0. The molecule has 2 N–H and O–H groups in total. The van der Waals surface area contributed by atoms with Crippen LogP contribution in [0.3, 0.4) is 0 Å². The van der Waals surface area contributed by atoms with Gasteiger partial charge in [-0.2, -0.15) is 0 Å². The number of amides is 1. The van der Waals surface area contributed by atoms with Gasteiger partial charge in [-0.1, -0.05) is 31.2 Å². The van der Waals surface area contributed by atoms with E-state index in [0.29, 0.717) is 29.0 Å². The second-order valence-corrected chi connectivity index (χ2v) is 9.52. The number of rotatable bonds is 9. The number of anilines is 1. The molecule has 7 nitrogen and oxygen atoms in total. The van der Waals surface area contributed by atoms with Crippen LogP contribution in [0.15, 0.2) is 48.1 Å². The molecule has 0 bridgehead atoms. The third-order valence-corrected chi connectivity index (χ3v) is 6.93. The third-order valence-electron chi connectivity index (χ3n) is 5.82. The molecule has 4 rings (SSSR count). The number of hydrogen-bond donors (Lipinski definition) is 2. The van der Waals surface area contributed by atoms with Gasteiger partial charge in [0, 0.05) is 17.8 Å². The van der Waals surface area contributed by atoms with Gasteiger partial charge < -0.3 is 14.8 Å². The van der Waals surface area contributed by atoms with Crippen molar-refractivity contribution in [3.63, 3.8) is 0 Å². The van der Waals surface area contributed by atoms with Crippen molar-refractivity contribution in [2.75, 3.05) is 37.2 Å². The number of carbonyl (C=O) groups excluding carboxylic acids is 1. The molecule has 0 aromatic heterocycles. The molecule has 2 saturated heterocycles. The van der Waals surface area contributed by atoms with Gasteiger partial charge in [-0.15, -0.1) is 0 Å². The Bertz CT molecular complexity index is 1140. The number of nitrogens with one attached hydrogen (secondary N) is 2. The summed E-state index contributed by atoms with van der Waals surface area (Å²) in [5, 5.41) is 4.25. The highest BCUT2D eigenvalue weighted by molar-refractivity contribution is 7.85. The lowest BCUT2D eigenvalue weighted by Gasteiger charge is -2.21. The molecule has 0 spiro atoms. The lowest BCUT2D eigenvalue weighted by atomic mass is 10.1. The summed E-state index contributed by atoms with van der Waals surface area (Å²) in [6.07, 6.45) is 7.75. The van der Waals surface area contributed by atoms with Crippen molar-refractivity contribution in [2.24, 2.45) is 5.92 Å². The zero-order valence-corrected chi connectivity index (χ0v) is 20.3. The maximum atomic E-state index is 15.9. The highest BCUT2D eigenvalue weighted by atomic mass is 32.2. The Labute approximate surface area is 201 Å². The highest BCUT2D eigenvalue weighted by Crippen LogP contribution is 2.40. The van der Waals surface area contributed by atoms with Gasteiger partial charge in [0.15, 0.2) is 5.82 Å². The summed E-state index contributed by atoms with van der Waals surface area (Å²) in [6, 6.07) is 6.97. The number of hydrogen-bond acceptors (Lipinski definition) is 5. The monoisotopic (exact) mass is 487 g/mol. The minimum atomic E-state index is -1.89. The maximum absolute atomic E-state index is 15.9. The Hall–Kier alpha value is -2.91. The predicted octanol–water partition coefficient (Wildman–Crippen LogP) is 3.77. The molecule has 2 heterocycles. The number of nitrogens with zero attached hydrogens (tertiary/aromatic N) is 1. The van der Waals surface area contributed by atoms with Gasteiger partial charge in [-0.25, -0.2) is 8.60 Å².